The second kappa shape index (κ2) is 5.03. The summed E-state index contributed by atoms with van der Waals surface area (Å²) in [5.41, 5.74) is 1.92. The van der Waals surface area contributed by atoms with Crippen LogP contribution < -0.4 is 5.32 Å². The lowest BCUT2D eigenvalue weighted by Gasteiger charge is -2.14. The van der Waals surface area contributed by atoms with E-state index >= 15 is 0 Å². The molecule has 82 valence electrons. The third-order valence-electron chi connectivity index (χ3n) is 2.53. The molecule has 2 rings (SSSR count). The van der Waals surface area contributed by atoms with E-state index in [1.807, 2.05) is 30.3 Å². The number of rotatable bonds is 2. The molecule has 0 aromatic heterocycles. The van der Waals surface area contributed by atoms with E-state index in [1.54, 1.807) is 6.08 Å². The van der Waals surface area contributed by atoms with Gasteiger partial charge in [0, 0.05) is 12.1 Å². The largest absolute Gasteiger partial charge is 0.346 e. The van der Waals surface area contributed by atoms with E-state index < -0.39 is 0 Å². The van der Waals surface area contributed by atoms with Gasteiger partial charge in [-0.25, -0.2) is 0 Å². The Morgan fingerprint density at radius 2 is 1.94 bits per heavy atom. The molecule has 1 N–H and O–H groups in total. The minimum Gasteiger partial charge on any atom is -0.346 e. The monoisotopic (exact) mass is 231 g/mol. The van der Waals surface area contributed by atoms with Gasteiger partial charge in [-0.3, -0.25) is 4.79 Å². The van der Waals surface area contributed by atoms with Crippen molar-refractivity contribution in [2.45, 2.75) is 19.3 Å². The van der Waals surface area contributed by atoms with Crippen LogP contribution in [0.4, 0.5) is 5.69 Å². The summed E-state index contributed by atoms with van der Waals surface area (Å²) >= 11 is 5.28. The molecule has 0 fully saturated rings. The summed E-state index contributed by atoms with van der Waals surface area (Å²) < 4.78 is 0. The number of carbonyl (C=O) groups is 1. The van der Waals surface area contributed by atoms with Crippen LogP contribution in [0.15, 0.2) is 42.0 Å². The van der Waals surface area contributed by atoms with Crippen LogP contribution in [0, 0.1) is 0 Å². The molecule has 0 heterocycles. The van der Waals surface area contributed by atoms with Crippen molar-refractivity contribution >= 4 is 28.7 Å². The van der Waals surface area contributed by atoms with E-state index in [1.165, 1.54) is 0 Å². The number of anilines is 1. The van der Waals surface area contributed by atoms with Gasteiger partial charge in [-0.1, -0.05) is 30.4 Å². The third-order valence-corrected chi connectivity index (χ3v) is 2.89. The van der Waals surface area contributed by atoms with Gasteiger partial charge in [-0.05, 0) is 36.6 Å². The van der Waals surface area contributed by atoms with E-state index in [2.05, 4.69) is 5.32 Å². The first-order chi connectivity index (χ1) is 7.75. The molecule has 1 aliphatic carbocycles. The lowest BCUT2D eigenvalue weighted by Crippen LogP contribution is -2.16. The molecule has 0 atom stereocenters. The van der Waals surface area contributed by atoms with Crippen LogP contribution in [0.25, 0.3) is 0 Å². The van der Waals surface area contributed by atoms with Crippen LogP contribution in [-0.2, 0) is 4.79 Å². The summed E-state index contributed by atoms with van der Waals surface area (Å²) in [6.45, 7) is 0. The van der Waals surface area contributed by atoms with E-state index in [0.29, 0.717) is 11.4 Å². The second-order valence-corrected chi connectivity index (χ2v) is 4.22. The summed E-state index contributed by atoms with van der Waals surface area (Å²) in [5.74, 6) is 0.179. The summed E-state index contributed by atoms with van der Waals surface area (Å²) in [5, 5.41) is 3.14. The van der Waals surface area contributed by atoms with Crippen LogP contribution in [0.1, 0.15) is 19.3 Å². The molecule has 1 aromatic rings. The number of allylic oxidation sites excluding steroid dienone is 1. The number of carbonyl (C=O) groups excluding carboxylic acids is 1. The van der Waals surface area contributed by atoms with E-state index in [-0.39, 0.29) is 5.78 Å². The number of para-hydroxylation sites is 1. The minimum absolute atomic E-state index is 0.179. The summed E-state index contributed by atoms with van der Waals surface area (Å²) in [7, 11) is 0. The molecule has 0 unspecified atom stereocenters. The molecule has 2 nitrogen and oxygen atoms in total. The SMILES string of the molecule is O=C1C=C(C(=S)Nc2ccccc2)CCC1. The number of nitrogens with one attached hydrogen (secondary N) is 1. The molecule has 3 heteroatoms. The predicted molar refractivity (Wildman–Crippen MR) is 69.6 cm³/mol. The molecule has 1 aliphatic rings. The molecule has 0 saturated carbocycles. The Hall–Kier alpha value is -1.48. The molecule has 0 bridgehead atoms. The Labute approximate surface area is 100 Å². The van der Waals surface area contributed by atoms with Gasteiger partial charge in [0.05, 0.1) is 0 Å². The molecule has 0 aliphatic heterocycles. The van der Waals surface area contributed by atoms with Gasteiger partial charge < -0.3 is 5.32 Å². The highest BCUT2D eigenvalue weighted by Crippen LogP contribution is 2.18. The quantitative estimate of drug-likeness (QED) is 0.793. The highest BCUT2D eigenvalue weighted by atomic mass is 32.1. The lowest BCUT2D eigenvalue weighted by atomic mass is 9.98. The van der Waals surface area contributed by atoms with Crippen molar-refractivity contribution in [1.29, 1.82) is 0 Å². The highest BCUT2D eigenvalue weighted by Gasteiger charge is 2.13. The summed E-state index contributed by atoms with van der Waals surface area (Å²) in [6, 6.07) is 9.77. The molecule has 0 radical (unpaired) electrons. The Kier molecular flexibility index (Phi) is 3.47. The molecular formula is C13H13NOS. The first-order valence-corrected chi connectivity index (χ1v) is 5.76. The molecule has 1 aromatic carbocycles. The van der Waals surface area contributed by atoms with Crippen molar-refractivity contribution in [2.24, 2.45) is 0 Å². The van der Waals surface area contributed by atoms with Crippen LogP contribution in [0.2, 0.25) is 0 Å². The van der Waals surface area contributed by atoms with E-state index in [9.17, 15) is 4.79 Å². The van der Waals surface area contributed by atoms with E-state index in [0.717, 1.165) is 24.1 Å². The lowest BCUT2D eigenvalue weighted by molar-refractivity contribution is -0.115. The number of ketones is 1. The van der Waals surface area contributed by atoms with E-state index in [4.69, 9.17) is 12.2 Å². The maximum absolute atomic E-state index is 11.3. The third kappa shape index (κ3) is 2.76. The minimum atomic E-state index is 0.179. The number of hydrogen-bond donors (Lipinski definition) is 1. The zero-order valence-electron chi connectivity index (χ0n) is 8.90. The highest BCUT2D eigenvalue weighted by molar-refractivity contribution is 7.81. The van der Waals surface area contributed by atoms with Crippen molar-refractivity contribution in [1.82, 2.24) is 0 Å². The first kappa shape index (κ1) is 11.0. The number of hydrogen-bond acceptors (Lipinski definition) is 2. The molecule has 0 saturated heterocycles. The fourth-order valence-electron chi connectivity index (χ4n) is 1.70. The van der Waals surface area contributed by atoms with Gasteiger partial charge in [0.25, 0.3) is 0 Å². The second-order valence-electron chi connectivity index (χ2n) is 3.81. The zero-order valence-corrected chi connectivity index (χ0v) is 9.72. The summed E-state index contributed by atoms with van der Waals surface area (Å²) in [6.07, 6.45) is 4.12. The molecule has 16 heavy (non-hydrogen) atoms. The Bertz CT molecular complexity index is 437. The summed E-state index contributed by atoms with van der Waals surface area (Å²) in [4.78, 5) is 11.9. The van der Waals surface area contributed by atoms with Gasteiger partial charge in [0.2, 0.25) is 0 Å². The number of benzene rings is 1. The van der Waals surface area contributed by atoms with Crippen LogP contribution in [-0.4, -0.2) is 10.8 Å². The normalized spacial score (nSPS) is 15.5. The van der Waals surface area contributed by atoms with Gasteiger partial charge in [0.1, 0.15) is 4.99 Å². The zero-order chi connectivity index (χ0) is 11.4. The fourth-order valence-corrected chi connectivity index (χ4v) is 1.98. The fraction of sp³-hybridized carbons (Fsp3) is 0.231. The molecule has 0 spiro atoms. The van der Waals surface area contributed by atoms with Crippen molar-refractivity contribution in [3.8, 4) is 0 Å². The van der Waals surface area contributed by atoms with Gasteiger partial charge >= 0.3 is 0 Å². The standard InChI is InChI=1S/C13H13NOS/c15-12-8-4-5-10(9-12)13(16)14-11-6-2-1-3-7-11/h1-3,6-7,9H,4-5,8H2,(H,14,16). The first-order valence-electron chi connectivity index (χ1n) is 5.35. The van der Waals surface area contributed by atoms with Crippen molar-refractivity contribution < 1.29 is 4.79 Å². The smallest absolute Gasteiger partial charge is 0.156 e. The van der Waals surface area contributed by atoms with Gasteiger partial charge in [-0.15, -0.1) is 0 Å². The van der Waals surface area contributed by atoms with Crippen LogP contribution in [0.3, 0.4) is 0 Å². The Balaban J connectivity index is 2.06. The Morgan fingerprint density at radius 1 is 1.19 bits per heavy atom. The maximum atomic E-state index is 11.3. The van der Waals surface area contributed by atoms with Crippen molar-refractivity contribution in [2.75, 3.05) is 5.32 Å². The van der Waals surface area contributed by atoms with Crippen molar-refractivity contribution in [3.05, 3.63) is 42.0 Å². The Morgan fingerprint density at radius 3 is 2.62 bits per heavy atom. The van der Waals surface area contributed by atoms with Crippen LogP contribution in [0.5, 0.6) is 0 Å². The average Bonchev–Trinajstić information content (AvgIpc) is 2.30. The maximum Gasteiger partial charge on any atom is 0.156 e. The van der Waals surface area contributed by atoms with Crippen LogP contribution >= 0.6 is 12.2 Å². The van der Waals surface area contributed by atoms with Crippen molar-refractivity contribution in [3.63, 3.8) is 0 Å². The molecule has 0 amide bonds. The predicted octanol–water partition coefficient (Wildman–Crippen LogP) is 3.11. The van der Waals surface area contributed by atoms with Gasteiger partial charge in [0.15, 0.2) is 5.78 Å². The number of thiocarbonyl (C=S) groups is 1. The molecular weight excluding hydrogens is 218 g/mol. The average molecular weight is 231 g/mol. The topological polar surface area (TPSA) is 29.1 Å². The van der Waals surface area contributed by atoms with Gasteiger partial charge in [-0.2, -0.15) is 0 Å².